The van der Waals surface area contributed by atoms with E-state index >= 15 is 0 Å². The lowest BCUT2D eigenvalue weighted by molar-refractivity contribution is -0.147. The number of halogens is 3. The van der Waals surface area contributed by atoms with Crippen LogP contribution in [0.2, 0.25) is 0 Å². The Morgan fingerprint density at radius 3 is 2.40 bits per heavy atom. The Morgan fingerprint density at radius 2 is 2.00 bits per heavy atom. The van der Waals surface area contributed by atoms with Gasteiger partial charge in [-0.15, -0.1) is 0 Å². The summed E-state index contributed by atoms with van der Waals surface area (Å²) in [6.07, 6.45) is -3.02. The predicted molar refractivity (Wildman–Crippen MR) is 63.1 cm³/mol. The molecule has 1 atom stereocenters. The zero-order chi connectivity index (χ0) is 15.1. The first kappa shape index (κ1) is 14.9. The number of carbonyl (C=O) groups excluding carboxylic acids is 1. The number of carboxylic acids is 1. The lowest BCUT2D eigenvalue weighted by Crippen LogP contribution is -2.48. The molecular weight excluding hydrogens is 277 g/mol. The highest BCUT2D eigenvalue weighted by Gasteiger charge is 2.47. The molecule has 0 aromatic rings. The average molecular weight is 294 g/mol. The third-order valence-corrected chi connectivity index (χ3v) is 3.84. The summed E-state index contributed by atoms with van der Waals surface area (Å²) in [6, 6.07) is -1.06. The summed E-state index contributed by atoms with van der Waals surface area (Å²) in [5.74, 6) is -1.03. The Balaban J connectivity index is 2.04. The molecule has 0 bridgehead atoms. The molecule has 1 aliphatic carbocycles. The normalized spacial score (nSPS) is 26.7. The van der Waals surface area contributed by atoms with Gasteiger partial charge in [-0.1, -0.05) is 0 Å². The van der Waals surface area contributed by atoms with Crippen molar-refractivity contribution in [2.24, 2.45) is 5.41 Å². The number of carboxylic acid groups (broad SMARTS) is 1. The van der Waals surface area contributed by atoms with E-state index in [2.05, 4.69) is 0 Å². The van der Waals surface area contributed by atoms with Crippen LogP contribution in [0.5, 0.6) is 0 Å². The number of hydrogen-bond acceptors (Lipinski definition) is 2. The summed E-state index contributed by atoms with van der Waals surface area (Å²) >= 11 is 0. The molecule has 1 unspecified atom stereocenters. The van der Waals surface area contributed by atoms with Crippen molar-refractivity contribution < 1.29 is 27.9 Å². The maximum atomic E-state index is 12.5. The Bertz CT molecular complexity index is 423. The number of carbonyl (C=O) groups is 2. The molecule has 2 rings (SSSR count). The van der Waals surface area contributed by atoms with Gasteiger partial charge in [0.1, 0.15) is 6.54 Å². The minimum absolute atomic E-state index is 0.0394. The SMILES string of the molecule is CC1(C(=O)O)CCN(C(=O)N(CC(F)(F)F)C2CC2)C1. The fraction of sp³-hybridized carbons (Fsp3) is 0.833. The number of likely N-dealkylation sites (tertiary alicyclic amines) is 1. The summed E-state index contributed by atoms with van der Waals surface area (Å²) in [5, 5.41) is 9.09. The van der Waals surface area contributed by atoms with Gasteiger partial charge < -0.3 is 14.9 Å². The van der Waals surface area contributed by atoms with Gasteiger partial charge in [0.25, 0.3) is 0 Å². The summed E-state index contributed by atoms with van der Waals surface area (Å²) in [7, 11) is 0. The van der Waals surface area contributed by atoms with Crippen LogP contribution in [0.4, 0.5) is 18.0 Å². The van der Waals surface area contributed by atoms with Crippen molar-refractivity contribution in [3.63, 3.8) is 0 Å². The van der Waals surface area contributed by atoms with Crippen LogP contribution in [0.15, 0.2) is 0 Å². The number of rotatable bonds is 3. The van der Waals surface area contributed by atoms with Crippen molar-refractivity contribution in [1.82, 2.24) is 9.80 Å². The highest BCUT2D eigenvalue weighted by molar-refractivity contribution is 5.80. The zero-order valence-electron chi connectivity index (χ0n) is 11.1. The molecule has 2 fully saturated rings. The van der Waals surface area contributed by atoms with Crippen LogP contribution in [0.3, 0.4) is 0 Å². The number of aliphatic carboxylic acids is 1. The molecule has 0 aromatic carbocycles. The van der Waals surface area contributed by atoms with Gasteiger partial charge in [0, 0.05) is 19.1 Å². The van der Waals surface area contributed by atoms with Crippen LogP contribution >= 0.6 is 0 Å². The van der Waals surface area contributed by atoms with Gasteiger partial charge in [-0.05, 0) is 26.2 Å². The minimum atomic E-state index is -4.44. The maximum Gasteiger partial charge on any atom is 0.406 e. The van der Waals surface area contributed by atoms with E-state index in [1.54, 1.807) is 0 Å². The third-order valence-electron chi connectivity index (χ3n) is 3.84. The second-order valence-electron chi connectivity index (χ2n) is 5.79. The zero-order valence-corrected chi connectivity index (χ0v) is 11.1. The highest BCUT2D eigenvalue weighted by atomic mass is 19.4. The molecule has 2 aliphatic rings. The van der Waals surface area contributed by atoms with Crippen molar-refractivity contribution in [3.05, 3.63) is 0 Å². The van der Waals surface area contributed by atoms with Crippen molar-refractivity contribution in [2.75, 3.05) is 19.6 Å². The van der Waals surface area contributed by atoms with Crippen molar-refractivity contribution in [1.29, 1.82) is 0 Å². The monoisotopic (exact) mass is 294 g/mol. The second-order valence-corrected chi connectivity index (χ2v) is 5.79. The standard InChI is InChI=1S/C12H17F3N2O3/c1-11(9(18)19)4-5-16(6-11)10(20)17(8-2-3-8)7-12(13,14)15/h8H,2-7H2,1H3,(H,18,19). The lowest BCUT2D eigenvalue weighted by atomic mass is 9.90. The molecule has 0 aromatic heterocycles. The molecule has 1 saturated heterocycles. The molecule has 114 valence electrons. The molecule has 1 heterocycles. The van der Waals surface area contributed by atoms with E-state index < -0.39 is 30.1 Å². The quantitative estimate of drug-likeness (QED) is 0.865. The lowest BCUT2D eigenvalue weighted by Gasteiger charge is -2.29. The predicted octanol–water partition coefficient (Wildman–Crippen LogP) is 1.93. The molecule has 1 aliphatic heterocycles. The van der Waals surface area contributed by atoms with Crippen LogP contribution in [-0.2, 0) is 4.79 Å². The van der Waals surface area contributed by atoms with E-state index in [-0.39, 0.29) is 25.6 Å². The molecule has 5 nitrogen and oxygen atoms in total. The molecule has 8 heteroatoms. The van der Waals surface area contributed by atoms with Crippen LogP contribution < -0.4 is 0 Å². The van der Waals surface area contributed by atoms with Gasteiger partial charge in [-0.2, -0.15) is 13.2 Å². The fourth-order valence-electron chi connectivity index (χ4n) is 2.41. The Kier molecular flexibility index (Phi) is 3.60. The molecule has 2 amide bonds. The highest BCUT2D eigenvalue weighted by Crippen LogP contribution is 2.35. The van der Waals surface area contributed by atoms with Crippen LogP contribution in [-0.4, -0.2) is 58.8 Å². The first-order valence-corrected chi connectivity index (χ1v) is 6.48. The Hall–Kier alpha value is -1.47. The van der Waals surface area contributed by atoms with Crippen molar-refractivity contribution >= 4 is 12.0 Å². The molecule has 0 spiro atoms. The van der Waals surface area contributed by atoms with E-state index in [1.165, 1.54) is 11.8 Å². The van der Waals surface area contributed by atoms with Gasteiger partial charge in [0.2, 0.25) is 0 Å². The van der Waals surface area contributed by atoms with Crippen molar-refractivity contribution in [3.8, 4) is 0 Å². The van der Waals surface area contributed by atoms with Crippen molar-refractivity contribution in [2.45, 2.75) is 38.4 Å². The molecular formula is C12H17F3N2O3. The Morgan fingerprint density at radius 1 is 1.40 bits per heavy atom. The molecule has 1 saturated carbocycles. The van der Waals surface area contributed by atoms with E-state index in [4.69, 9.17) is 5.11 Å². The van der Waals surface area contributed by atoms with E-state index in [9.17, 15) is 22.8 Å². The summed E-state index contributed by atoms with van der Waals surface area (Å²) in [4.78, 5) is 25.3. The maximum absolute atomic E-state index is 12.5. The van der Waals surface area contributed by atoms with Crippen LogP contribution in [0.1, 0.15) is 26.2 Å². The van der Waals surface area contributed by atoms with Crippen LogP contribution in [0, 0.1) is 5.41 Å². The molecule has 0 radical (unpaired) electrons. The summed E-state index contributed by atoms with van der Waals surface area (Å²) < 4.78 is 37.5. The summed E-state index contributed by atoms with van der Waals surface area (Å²) in [6.45, 7) is 0.384. The van der Waals surface area contributed by atoms with Gasteiger partial charge in [-0.25, -0.2) is 4.79 Å². The first-order chi connectivity index (χ1) is 9.12. The average Bonchev–Trinajstić information content (AvgIpc) is 3.07. The Labute approximate surface area is 114 Å². The van der Waals surface area contributed by atoms with E-state index in [0.29, 0.717) is 12.8 Å². The number of urea groups is 1. The number of alkyl halides is 3. The van der Waals surface area contributed by atoms with Gasteiger partial charge in [0.15, 0.2) is 0 Å². The smallest absolute Gasteiger partial charge is 0.406 e. The minimum Gasteiger partial charge on any atom is -0.481 e. The van der Waals surface area contributed by atoms with Crippen LogP contribution in [0.25, 0.3) is 0 Å². The largest absolute Gasteiger partial charge is 0.481 e. The number of nitrogens with zero attached hydrogens (tertiary/aromatic N) is 2. The van der Waals surface area contributed by atoms with Gasteiger partial charge >= 0.3 is 18.2 Å². The van der Waals surface area contributed by atoms with Gasteiger partial charge in [-0.3, -0.25) is 4.79 Å². The fourth-order valence-corrected chi connectivity index (χ4v) is 2.41. The van der Waals surface area contributed by atoms with Gasteiger partial charge in [0.05, 0.1) is 5.41 Å². The number of amides is 2. The summed E-state index contributed by atoms with van der Waals surface area (Å²) in [5.41, 5.74) is -1.07. The van der Waals surface area contributed by atoms with E-state index in [0.717, 1.165) is 4.90 Å². The second kappa shape index (κ2) is 4.82. The topological polar surface area (TPSA) is 60.9 Å². The number of hydrogen-bond donors (Lipinski definition) is 1. The first-order valence-electron chi connectivity index (χ1n) is 6.48. The molecule has 1 N–H and O–H groups in total. The van der Waals surface area contributed by atoms with E-state index in [1.807, 2.05) is 0 Å². The third kappa shape index (κ3) is 3.16. The molecule has 20 heavy (non-hydrogen) atoms.